The van der Waals surface area contributed by atoms with Gasteiger partial charge in [0, 0.05) is 18.2 Å². The number of nitrogens with two attached hydrogens (primary N) is 1. The highest BCUT2D eigenvalue weighted by Crippen LogP contribution is 2.56. The molecule has 268 valence electrons. The Morgan fingerprint density at radius 3 is 2.27 bits per heavy atom. The standard InChI is InChI=1S/C34H50F2N3O8P/c1-3-4-5-6-7-8-9-10-11-12-13-14-15-16-20-29(40)46-31-27(45-32(34(31,35)36)39-22-21-28(37)38-33(39)41)24-44-48(42)43-23-26-19-17-18-25(2)30(26)47-48/h17-19,21-22,27,31-32H,3-16,20,23-24H2,1-2H3,(H2,37,38,41)/t27-,31-,32?,48?/m1/s1. The van der Waals surface area contributed by atoms with Crippen molar-refractivity contribution in [3.05, 3.63) is 52.1 Å². The molecule has 0 aliphatic carbocycles. The van der Waals surface area contributed by atoms with Crippen LogP contribution in [0, 0.1) is 6.92 Å². The average molecular weight is 698 g/mol. The Hall–Kier alpha value is -2.86. The van der Waals surface area contributed by atoms with Gasteiger partial charge in [0.15, 0.2) is 6.10 Å². The molecule has 14 heteroatoms. The lowest BCUT2D eigenvalue weighted by Crippen LogP contribution is -2.44. The van der Waals surface area contributed by atoms with Crippen molar-refractivity contribution >= 4 is 19.6 Å². The van der Waals surface area contributed by atoms with E-state index in [4.69, 9.17) is 28.8 Å². The van der Waals surface area contributed by atoms with Crippen LogP contribution in [0.1, 0.15) is 121 Å². The van der Waals surface area contributed by atoms with Crippen molar-refractivity contribution in [2.45, 2.75) is 141 Å². The van der Waals surface area contributed by atoms with Crippen LogP contribution in [0.4, 0.5) is 14.6 Å². The summed E-state index contributed by atoms with van der Waals surface area (Å²) in [7, 11) is -4.24. The van der Waals surface area contributed by atoms with Crippen molar-refractivity contribution in [3.8, 4) is 5.75 Å². The van der Waals surface area contributed by atoms with E-state index in [2.05, 4.69) is 11.9 Å². The lowest BCUT2D eigenvalue weighted by Gasteiger charge is -2.27. The van der Waals surface area contributed by atoms with Crippen LogP contribution in [-0.4, -0.2) is 40.3 Å². The topological polar surface area (TPSA) is 141 Å². The minimum absolute atomic E-state index is 0.0625. The van der Waals surface area contributed by atoms with Gasteiger partial charge in [0.2, 0.25) is 6.23 Å². The highest BCUT2D eigenvalue weighted by Gasteiger charge is 2.63. The van der Waals surface area contributed by atoms with Gasteiger partial charge in [-0.3, -0.25) is 18.4 Å². The summed E-state index contributed by atoms with van der Waals surface area (Å²) in [6, 6.07) is 6.45. The highest BCUT2D eigenvalue weighted by atomic mass is 31.2. The summed E-state index contributed by atoms with van der Waals surface area (Å²) in [5, 5.41) is 0. The molecule has 0 spiro atoms. The number of alkyl halides is 2. The predicted molar refractivity (Wildman–Crippen MR) is 177 cm³/mol. The summed E-state index contributed by atoms with van der Waals surface area (Å²) in [5.41, 5.74) is 5.79. The first-order chi connectivity index (χ1) is 23.0. The minimum atomic E-state index is -4.24. The molecular weight excluding hydrogens is 647 g/mol. The second-order valence-electron chi connectivity index (χ2n) is 12.7. The van der Waals surface area contributed by atoms with Gasteiger partial charge in [-0.05, 0) is 25.0 Å². The largest absolute Gasteiger partial charge is 0.530 e. The first-order valence-corrected chi connectivity index (χ1v) is 18.7. The van der Waals surface area contributed by atoms with Crippen LogP contribution in [0.5, 0.6) is 5.75 Å². The van der Waals surface area contributed by atoms with E-state index in [0.717, 1.165) is 31.9 Å². The number of ether oxygens (including phenoxy) is 2. The third-order valence-electron chi connectivity index (χ3n) is 8.72. The van der Waals surface area contributed by atoms with Crippen LogP contribution < -0.4 is 15.9 Å². The zero-order valence-electron chi connectivity index (χ0n) is 28.1. The number of carbonyl (C=O) groups is 1. The molecule has 0 saturated carbocycles. The van der Waals surface area contributed by atoms with Gasteiger partial charge in [-0.25, -0.2) is 9.36 Å². The molecule has 48 heavy (non-hydrogen) atoms. The number of carbonyl (C=O) groups excluding carboxylic acids is 1. The molecule has 2 aliphatic heterocycles. The van der Waals surface area contributed by atoms with Crippen LogP contribution in [0.25, 0.3) is 0 Å². The van der Waals surface area contributed by atoms with Crippen LogP contribution in [0.15, 0.2) is 35.3 Å². The molecule has 2 aliphatic rings. The summed E-state index contributed by atoms with van der Waals surface area (Å²) in [5.74, 6) is -4.56. The smallest absolute Gasteiger partial charge is 0.453 e. The van der Waals surface area contributed by atoms with E-state index >= 15 is 8.78 Å². The lowest BCUT2D eigenvalue weighted by molar-refractivity contribution is -0.176. The fourth-order valence-electron chi connectivity index (χ4n) is 5.99. The first-order valence-electron chi connectivity index (χ1n) is 17.3. The molecule has 0 bridgehead atoms. The summed E-state index contributed by atoms with van der Waals surface area (Å²) in [4.78, 5) is 28.8. The molecule has 1 fully saturated rings. The second kappa shape index (κ2) is 18.2. The van der Waals surface area contributed by atoms with Gasteiger partial charge < -0.3 is 19.7 Å². The highest BCUT2D eigenvalue weighted by molar-refractivity contribution is 7.49. The lowest BCUT2D eigenvalue weighted by atomic mass is 10.0. The quantitative estimate of drug-likeness (QED) is 0.0818. The number of phosphoric acid groups is 1. The number of hydrogen-bond donors (Lipinski definition) is 1. The number of rotatable bonds is 20. The van der Waals surface area contributed by atoms with Gasteiger partial charge in [0.1, 0.15) is 17.7 Å². The van der Waals surface area contributed by atoms with E-state index in [1.807, 2.05) is 0 Å². The molecule has 4 atom stereocenters. The van der Waals surface area contributed by atoms with E-state index in [-0.39, 0.29) is 18.8 Å². The number of aryl methyl sites for hydroxylation is 1. The number of halogens is 2. The number of phosphoric ester groups is 1. The van der Waals surface area contributed by atoms with Crippen LogP contribution in [0.3, 0.4) is 0 Å². The SMILES string of the molecule is CCCCCCCCCCCCCCCCC(=O)O[C@@H]1[C@@H](COP2(=O)OCc3cccc(C)c3O2)OC(n2ccc(N)nc2=O)C1(F)F. The Balaban J connectivity index is 1.28. The average Bonchev–Trinajstić information content (AvgIpc) is 3.29. The number of aromatic nitrogens is 2. The second-order valence-corrected chi connectivity index (χ2v) is 14.3. The van der Waals surface area contributed by atoms with Gasteiger partial charge in [0.25, 0.3) is 0 Å². The van der Waals surface area contributed by atoms with E-state index in [1.165, 1.54) is 63.9 Å². The van der Waals surface area contributed by atoms with Gasteiger partial charge in [-0.2, -0.15) is 13.8 Å². The van der Waals surface area contributed by atoms with Gasteiger partial charge in [0.05, 0.1) is 13.2 Å². The Morgan fingerprint density at radius 2 is 1.65 bits per heavy atom. The van der Waals surface area contributed by atoms with E-state index < -0.39 is 50.4 Å². The number of unbranched alkanes of at least 4 members (excludes halogenated alkanes) is 13. The molecule has 1 aromatic carbocycles. The van der Waals surface area contributed by atoms with Crippen LogP contribution in [0.2, 0.25) is 0 Å². The predicted octanol–water partition coefficient (Wildman–Crippen LogP) is 8.18. The van der Waals surface area contributed by atoms with Crippen LogP contribution in [-0.2, 0) is 34.5 Å². The Morgan fingerprint density at radius 1 is 1.02 bits per heavy atom. The molecule has 11 nitrogen and oxygen atoms in total. The zero-order chi connectivity index (χ0) is 34.6. The number of fused-ring (bicyclic) bond motifs is 1. The summed E-state index contributed by atoms with van der Waals surface area (Å²) >= 11 is 0. The van der Waals surface area contributed by atoms with Crippen molar-refractivity contribution in [1.82, 2.24) is 9.55 Å². The van der Waals surface area contributed by atoms with E-state index in [9.17, 15) is 14.2 Å². The third kappa shape index (κ3) is 10.6. The zero-order valence-corrected chi connectivity index (χ0v) is 29.0. The fraction of sp³-hybridized carbons (Fsp3) is 0.676. The summed E-state index contributed by atoms with van der Waals surface area (Å²) in [6.07, 6.45) is 11.0. The molecular formula is C34H50F2N3O8P. The van der Waals surface area contributed by atoms with Crippen molar-refractivity contribution in [3.63, 3.8) is 0 Å². The molecule has 0 radical (unpaired) electrons. The molecule has 3 heterocycles. The maximum absolute atomic E-state index is 15.9. The Bertz CT molecular complexity index is 1440. The Labute approximate surface area is 281 Å². The monoisotopic (exact) mass is 697 g/mol. The maximum atomic E-state index is 15.9. The number of esters is 1. The van der Waals surface area contributed by atoms with Crippen LogP contribution >= 0.6 is 7.82 Å². The number of hydrogen-bond acceptors (Lipinski definition) is 10. The van der Waals surface area contributed by atoms with Crippen molar-refractivity contribution in [2.75, 3.05) is 12.3 Å². The maximum Gasteiger partial charge on any atom is 0.530 e. The molecule has 4 rings (SSSR count). The fourth-order valence-corrected chi connectivity index (χ4v) is 7.28. The van der Waals surface area contributed by atoms with Gasteiger partial charge in [-0.1, -0.05) is 109 Å². The molecule has 2 aromatic rings. The molecule has 1 aromatic heterocycles. The van der Waals surface area contributed by atoms with E-state index in [1.54, 1.807) is 25.1 Å². The molecule has 2 N–H and O–H groups in total. The number of nitrogen functional groups attached to an aromatic ring is 1. The minimum Gasteiger partial charge on any atom is -0.453 e. The Kier molecular flexibility index (Phi) is 14.4. The molecule has 0 amide bonds. The first kappa shape index (κ1) is 38.0. The number of anilines is 1. The number of benzene rings is 1. The summed E-state index contributed by atoms with van der Waals surface area (Å²) in [6.45, 7) is 3.16. The van der Waals surface area contributed by atoms with E-state index in [0.29, 0.717) is 27.9 Å². The van der Waals surface area contributed by atoms with Crippen molar-refractivity contribution in [1.29, 1.82) is 0 Å². The van der Waals surface area contributed by atoms with Crippen molar-refractivity contribution < 1.29 is 41.2 Å². The number of nitrogens with zero attached hydrogens (tertiary/aromatic N) is 2. The molecule has 2 unspecified atom stereocenters. The normalized spacial score (nSPS) is 23.0. The van der Waals surface area contributed by atoms with Gasteiger partial charge in [-0.15, -0.1) is 0 Å². The molecule has 1 saturated heterocycles. The number of para-hydroxylation sites is 1. The third-order valence-corrected chi connectivity index (χ3v) is 10.0. The van der Waals surface area contributed by atoms with Gasteiger partial charge >= 0.3 is 25.4 Å². The summed E-state index contributed by atoms with van der Waals surface area (Å²) < 4.78 is 72.7. The van der Waals surface area contributed by atoms with Crippen molar-refractivity contribution in [2.24, 2.45) is 0 Å².